The maximum Gasteiger partial charge on any atom is 0.235 e. The van der Waals surface area contributed by atoms with Gasteiger partial charge >= 0.3 is 0 Å². The molecule has 0 fully saturated rings. The minimum atomic E-state index is -1.23. The summed E-state index contributed by atoms with van der Waals surface area (Å²) in [5.41, 5.74) is 0.816. The number of rotatable bonds is 20. The molecule has 6 nitrogen and oxygen atoms in total. The Hall–Kier alpha value is -1.48. The molecule has 0 saturated carbocycles. The Morgan fingerprint density at radius 1 is 0.732 bits per heavy atom. The molecule has 0 spiro atoms. The first-order valence-corrected chi connectivity index (χ1v) is 17.5. The van der Waals surface area contributed by atoms with Gasteiger partial charge in [0.05, 0.1) is 13.2 Å². The first-order valence-electron chi connectivity index (χ1n) is 14.1. The van der Waals surface area contributed by atoms with Crippen molar-refractivity contribution in [3.8, 4) is 11.5 Å². The van der Waals surface area contributed by atoms with Crippen molar-refractivity contribution in [3.63, 3.8) is 0 Å². The first kappa shape index (κ1) is 35.7. The van der Waals surface area contributed by atoms with Gasteiger partial charge in [0.25, 0.3) is 0 Å². The second-order valence-corrected chi connectivity index (χ2v) is 12.1. The number of carbonyl (C=O) groups excluding carboxylic acids is 2. The molecule has 2 rings (SSSR count). The van der Waals surface area contributed by atoms with Gasteiger partial charge in [-0.2, -0.15) is 0 Å². The van der Waals surface area contributed by atoms with Crippen LogP contribution in [-0.2, 0) is 22.4 Å². The molecule has 0 heterocycles. The Labute approximate surface area is 271 Å². The number of benzene rings is 2. The predicted octanol–water partition coefficient (Wildman–Crippen LogP) is 7.05. The van der Waals surface area contributed by atoms with E-state index in [1.807, 2.05) is 62.4 Å². The molecule has 0 unspecified atom stereocenters. The van der Waals surface area contributed by atoms with Crippen LogP contribution in [0.1, 0.15) is 50.7 Å². The number of hydrogen-bond acceptors (Lipinski definition) is 4. The number of carbonyl (C=O) groups is 2. The average Bonchev–Trinajstić information content (AvgIpc) is 2.99. The third kappa shape index (κ3) is 11.6. The van der Waals surface area contributed by atoms with Crippen molar-refractivity contribution in [1.82, 2.24) is 10.6 Å². The lowest BCUT2D eigenvalue weighted by Crippen LogP contribution is -2.56. The molecule has 2 aromatic carbocycles. The molecular weight excluding hydrogens is 695 g/mol. The molecule has 10 heteroatoms. The van der Waals surface area contributed by atoms with Crippen LogP contribution in [0.25, 0.3) is 0 Å². The van der Waals surface area contributed by atoms with Crippen LogP contribution in [0.4, 0.5) is 0 Å². The van der Waals surface area contributed by atoms with E-state index in [-0.39, 0.29) is 35.7 Å². The highest BCUT2D eigenvalue weighted by Gasteiger charge is 2.43. The summed E-state index contributed by atoms with van der Waals surface area (Å²) in [5, 5.41) is 7.88. The minimum Gasteiger partial charge on any atom is -0.494 e. The molecule has 0 aliphatic carbocycles. The third-order valence-electron chi connectivity index (χ3n) is 7.02. The topological polar surface area (TPSA) is 76.7 Å². The van der Waals surface area contributed by atoms with E-state index in [4.69, 9.17) is 32.7 Å². The molecule has 0 radical (unpaired) electrons. The second-order valence-electron chi connectivity index (χ2n) is 9.92. The summed E-state index contributed by atoms with van der Waals surface area (Å²) in [7, 11) is 0. The van der Waals surface area contributed by atoms with Gasteiger partial charge in [-0.05, 0) is 73.9 Å². The Kier molecular flexibility index (Phi) is 17.1. The van der Waals surface area contributed by atoms with Crippen molar-refractivity contribution in [3.05, 3.63) is 59.7 Å². The molecule has 2 aromatic rings. The van der Waals surface area contributed by atoms with Crippen molar-refractivity contribution in [2.75, 3.05) is 35.6 Å². The summed E-state index contributed by atoms with van der Waals surface area (Å²) in [4.78, 5) is 27.2. The Morgan fingerprint density at radius 3 is 1.39 bits per heavy atom. The van der Waals surface area contributed by atoms with Crippen LogP contribution in [0.15, 0.2) is 48.5 Å². The fourth-order valence-corrected chi connectivity index (χ4v) is 5.26. The highest BCUT2D eigenvalue weighted by molar-refractivity contribution is 9.09. The summed E-state index contributed by atoms with van der Waals surface area (Å²) < 4.78 is 11.4. The van der Waals surface area contributed by atoms with Gasteiger partial charge in [0.2, 0.25) is 11.8 Å². The van der Waals surface area contributed by atoms with Crippen molar-refractivity contribution in [2.45, 2.75) is 64.5 Å². The van der Waals surface area contributed by atoms with E-state index in [1.54, 1.807) is 0 Å². The number of alkyl halides is 4. The zero-order chi connectivity index (χ0) is 30.1. The van der Waals surface area contributed by atoms with Crippen LogP contribution >= 0.6 is 55.1 Å². The number of halogens is 4. The summed E-state index contributed by atoms with van der Waals surface area (Å²) in [6.45, 7) is 5.01. The Morgan fingerprint density at radius 2 is 1.10 bits per heavy atom. The van der Waals surface area contributed by atoms with E-state index < -0.39 is 5.41 Å². The van der Waals surface area contributed by atoms with E-state index in [0.717, 1.165) is 46.1 Å². The number of ether oxygens (including phenoxy) is 2. The number of hydrogen-bond donors (Lipinski definition) is 2. The van der Waals surface area contributed by atoms with Crippen LogP contribution in [0.3, 0.4) is 0 Å². The van der Waals surface area contributed by atoms with Gasteiger partial charge in [0.15, 0.2) is 0 Å². The molecule has 228 valence electrons. The van der Waals surface area contributed by atoms with E-state index >= 15 is 0 Å². The summed E-state index contributed by atoms with van der Waals surface area (Å²) >= 11 is 19.3. The van der Waals surface area contributed by atoms with Gasteiger partial charge < -0.3 is 20.1 Å². The standard InChI is InChI=1S/C31H42Br2Cl2N2O4/c1-3-31(4-2,29(38)36-25(21-34)19-23-7-11-27(12-8-23)40-17-5-15-32)30(39)37-26(22-35)20-24-9-13-28(14-10-24)41-18-6-16-33/h7-14,25-26H,3-6,15-22H2,1-2H3,(H,36,38)(H,37,39)/t25-,26-/m0/s1. The van der Waals surface area contributed by atoms with Gasteiger partial charge in [0.1, 0.15) is 16.9 Å². The summed E-state index contributed by atoms with van der Waals surface area (Å²) in [5.74, 6) is 1.41. The quantitative estimate of drug-likeness (QED) is 0.0868. The zero-order valence-corrected chi connectivity index (χ0v) is 28.6. The fourth-order valence-electron chi connectivity index (χ4n) is 4.43. The molecule has 0 saturated heterocycles. The maximum atomic E-state index is 13.6. The highest BCUT2D eigenvalue weighted by Crippen LogP contribution is 2.28. The predicted molar refractivity (Wildman–Crippen MR) is 176 cm³/mol. The molecule has 0 aliphatic rings. The molecule has 0 bridgehead atoms. The number of amides is 2. The van der Waals surface area contributed by atoms with E-state index in [1.165, 1.54) is 0 Å². The Balaban J connectivity index is 2.02. The molecule has 0 aliphatic heterocycles. The van der Waals surface area contributed by atoms with Gasteiger partial charge in [-0.25, -0.2) is 0 Å². The maximum absolute atomic E-state index is 13.6. The molecule has 2 atom stereocenters. The van der Waals surface area contributed by atoms with Crippen molar-refractivity contribution >= 4 is 66.9 Å². The van der Waals surface area contributed by atoms with Gasteiger partial charge in [-0.3, -0.25) is 9.59 Å². The molecule has 2 N–H and O–H groups in total. The molecule has 2 amide bonds. The van der Waals surface area contributed by atoms with Crippen molar-refractivity contribution in [2.24, 2.45) is 5.41 Å². The second kappa shape index (κ2) is 19.7. The van der Waals surface area contributed by atoms with Crippen molar-refractivity contribution < 1.29 is 19.1 Å². The molecule has 0 aromatic heterocycles. The van der Waals surface area contributed by atoms with Gasteiger partial charge in [0, 0.05) is 34.5 Å². The van der Waals surface area contributed by atoms with Crippen LogP contribution in [-0.4, -0.2) is 59.5 Å². The fraction of sp³-hybridized carbons (Fsp3) is 0.548. The van der Waals surface area contributed by atoms with Gasteiger partial charge in [-0.1, -0.05) is 70.0 Å². The molecular formula is C31H42Br2Cl2N2O4. The number of nitrogens with one attached hydrogen (secondary N) is 2. The van der Waals surface area contributed by atoms with Crippen LogP contribution < -0.4 is 20.1 Å². The largest absolute Gasteiger partial charge is 0.494 e. The van der Waals surface area contributed by atoms with Crippen LogP contribution in [0, 0.1) is 5.41 Å². The lowest BCUT2D eigenvalue weighted by Gasteiger charge is -2.32. The van der Waals surface area contributed by atoms with E-state index in [9.17, 15) is 9.59 Å². The SMILES string of the molecule is CCC(CC)(C(=O)N[C@H](CCl)Cc1ccc(OCCCBr)cc1)C(=O)N[C@H](CCl)Cc1ccc(OCCCBr)cc1. The normalized spacial score (nSPS) is 12.8. The highest BCUT2D eigenvalue weighted by atomic mass is 79.9. The molecule has 41 heavy (non-hydrogen) atoms. The first-order chi connectivity index (χ1) is 19.8. The zero-order valence-electron chi connectivity index (χ0n) is 23.9. The lowest BCUT2D eigenvalue weighted by atomic mass is 9.79. The lowest BCUT2D eigenvalue weighted by molar-refractivity contribution is -0.145. The minimum absolute atomic E-state index is 0.223. The van der Waals surface area contributed by atoms with E-state index in [0.29, 0.717) is 38.9 Å². The summed E-state index contributed by atoms with van der Waals surface area (Å²) in [6, 6.07) is 14.9. The average molecular weight is 737 g/mol. The van der Waals surface area contributed by atoms with E-state index in [2.05, 4.69) is 42.5 Å². The Bertz CT molecular complexity index is 958. The van der Waals surface area contributed by atoms with Gasteiger partial charge in [-0.15, -0.1) is 23.2 Å². The third-order valence-corrected chi connectivity index (χ3v) is 8.89. The van der Waals surface area contributed by atoms with Crippen molar-refractivity contribution in [1.29, 1.82) is 0 Å². The van der Waals surface area contributed by atoms with Crippen LogP contribution in [0.2, 0.25) is 0 Å². The monoisotopic (exact) mass is 734 g/mol. The summed E-state index contributed by atoms with van der Waals surface area (Å²) in [6.07, 6.45) is 3.65. The van der Waals surface area contributed by atoms with Crippen LogP contribution in [0.5, 0.6) is 11.5 Å². The smallest absolute Gasteiger partial charge is 0.235 e.